The molecule has 0 spiro atoms. The molecule has 0 aromatic carbocycles. The first-order valence-electron chi connectivity index (χ1n) is 7.51. The van der Waals surface area contributed by atoms with E-state index in [1.54, 1.807) is 12.3 Å². The largest absolute Gasteiger partial charge is 0.348 e. The van der Waals surface area contributed by atoms with Crippen molar-refractivity contribution in [3.63, 3.8) is 0 Å². The Morgan fingerprint density at radius 2 is 2.11 bits per heavy atom. The molecular formula is C16H24N2O. The molecule has 1 saturated carbocycles. The lowest BCUT2D eigenvalue weighted by molar-refractivity contribution is 0.0916. The number of carbonyl (C=O) groups excluding carboxylic acids is 1. The van der Waals surface area contributed by atoms with Gasteiger partial charge in [-0.3, -0.25) is 9.78 Å². The molecule has 19 heavy (non-hydrogen) atoms. The van der Waals surface area contributed by atoms with Crippen molar-refractivity contribution in [1.29, 1.82) is 0 Å². The topological polar surface area (TPSA) is 42.0 Å². The molecule has 1 aliphatic rings. The minimum Gasteiger partial charge on any atom is -0.348 e. The van der Waals surface area contributed by atoms with E-state index in [1.165, 1.54) is 32.1 Å². The number of unbranched alkanes of at least 4 members (excludes halogenated alkanes) is 1. The number of hydrogen-bond donors (Lipinski definition) is 1. The predicted molar refractivity (Wildman–Crippen MR) is 77.0 cm³/mol. The van der Waals surface area contributed by atoms with Crippen molar-refractivity contribution in [2.24, 2.45) is 5.92 Å². The number of hydrogen-bond acceptors (Lipinski definition) is 2. The van der Waals surface area contributed by atoms with Gasteiger partial charge >= 0.3 is 0 Å². The van der Waals surface area contributed by atoms with E-state index in [1.807, 2.05) is 12.1 Å². The van der Waals surface area contributed by atoms with Crippen LogP contribution in [0.3, 0.4) is 0 Å². The Morgan fingerprint density at radius 3 is 2.74 bits per heavy atom. The molecule has 0 unspecified atom stereocenters. The Labute approximate surface area is 115 Å². The number of pyridine rings is 1. The highest BCUT2D eigenvalue weighted by Crippen LogP contribution is 2.28. The molecule has 1 fully saturated rings. The second-order valence-corrected chi connectivity index (χ2v) is 5.55. The van der Waals surface area contributed by atoms with Crippen LogP contribution in [0.4, 0.5) is 0 Å². The first-order chi connectivity index (χ1) is 9.29. The Hall–Kier alpha value is -1.38. The summed E-state index contributed by atoms with van der Waals surface area (Å²) in [6, 6.07) is 5.79. The third kappa shape index (κ3) is 4.34. The fourth-order valence-electron chi connectivity index (χ4n) is 2.84. The number of nitrogens with one attached hydrogen (secondary N) is 1. The van der Waals surface area contributed by atoms with E-state index in [0.717, 1.165) is 18.8 Å². The average molecular weight is 260 g/mol. The molecule has 0 saturated heterocycles. The minimum atomic E-state index is -0.0300. The quantitative estimate of drug-likeness (QED) is 0.879. The van der Waals surface area contributed by atoms with Crippen molar-refractivity contribution < 1.29 is 4.79 Å². The van der Waals surface area contributed by atoms with Crippen molar-refractivity contribution in [3.8, 4) is 0 Å². The van der Waals surface area contributed by atoms with Crippen LogP contribution >= 0.6 is 0 Å². The fourth-order valence-corrected chi connectivity index (χ4v) is 2.84. The number of rotatable bonds is 5. The first-order valence-corrected chi connectivity index (χ1v) is 7.51. The van der Waals surface area contributed by atoms with E-state index in [2.05, 4.69) is 17.2 Å². The van der Waals surface area contributed by atoms with E-state index in [4.69, 9.17) is 0 Å². The summed E-state index contributed by atoms with van der Waals surface area (Å²) in [4.78, 5) is 16.1. The van der Waals surface area contributed by atoms with Crippen molar-refractivity contribution in [2.75, 3.05) is 0 Å². The lowest BCUT2D eigenvalue weighted by Gasteiger charge is -2.29. The standard InChI is InChI=1S/C16H24N2O/c1-2-3-6-13-8-10-14(11-9-13)18-16(19)15-7-4-5-12-17-15/h4-5,7,12-14H,2-3,6,8-11H2,1H3,(H,18,19). The Balaban J connectivity index is 1.75. The molecule has 3 nitrogen and oxygen atoms in total. The molecular weight excluding hydrogens is 236 g/mol. The van der Waals surface area contributed by atoms with E-state index >= 15 is 0 Å². The fraction of sp³-hybridized carbons (Fsp3) is 0.625. The molecule has 3 heteroatoms. The molecule has 0 radical (unpaired) electrons. The molecule has 1 aromatic rings. The summed E-state index contributed by atoms with van der Waals surface area (Å²) in [5, 5.41) is 3.11. The Kier molecular flexibility index (Phi) is 5.37. The summed E-state index contributed by atoms with van der Waals surface area (Å²) in [5.41, 5.74) is 0.524. The average Bonchev–Trinajstić information content (AvgIpc) is 2.47. The maximum Gasteiger partial charge on any atom is 0.270 e. The monoisotopic (exact) mass is 260 g/mol. The van der Waals surface area contributed by atoms with Gasteiger partial charge in [0, 0.05) is 12.2 Å². The van der Waals surface area contributed by atoms with Crippen LogP contribution in [0.2, 0.25) is 0 Å². The summed E-state index contributed by atoms with van der Waals surface area (Å²) in [6.07, 6.45) is 10.4. The summed E-state index contributed by atoms with van der Waals surface area (Å²) in [7, 11) is 0. The minimum absolute atomic E-state index is 0.0300. The van der Waals surface area contributed by atoms with Gasteiger partial charge in [0.1, 0.15) is 5.69 Å². The van der Waals surface area contributed by atoms with Crippen LogP contribution in [0.15, 0.2) is 24.4 Å². The van der Waals surface area contributed by atoms with E-state index < -0.39 is 0 Å². The molecule has 0 aliphatic heterocycles. The third-order valence-electron chi connectivity index (χ3n) is 4.05. The highest BCUT2D eigenvalue weighted by molar-refractivity contribution is 5.92. The highest BCUT2D eigenvalue weighted by atomic mass is 16.1. The molecule has 1 aromatic heterocycles. The molecule has 1 aliphatic carbocycles. The van der Waals surface area contributed by atoms with Gasteiger partial charge in [-0.2, -0.15) is 0 Å². The van der Waals surface area contributed by atoms with E-state index in [-0.39, 0.29) is 5.91 Å². The number of aromatic nitrogens is 1. The van der Waals surface area contributed by atoms with Crippen LogP contribution in [0.5, 0.6) is 0 Å². The van der Waals surface area contributed by atoms with E-state index in [9.17, 15) is 4.79 Å². The predicted octanol–water partition coefficient (Wildman–Crippen LogP) is 3.56. The van der Waals surface area contributed by atoms with Crippen molar-refractivity contribution >= 4 is 5.91 Å². The van der Waals surface area contributed by atoms with Crippen LogP contribution in [0, 0.1) is 5.92 Å². The molecule has 104 valence electrons. The molecule has 1 N–H and O–H groups in total. The second-order valence-electron chi connectivity index (χ2n) is 5.55. The van der Waals surface area contributed by atoms with Gasteiger partial charge in [-0.05, 0) is 43.7 Å². The summed E-state index contributed by atoms with van der Waals surface area (Å²) in [5.74, 6) is 0.848. The summed E-state index contributed by atoms with van der Waals surface area (Å²) < 4.78 is 0. The molecule has 1 heterocycles. The van der Waals surface area contributed by atoms with Gasteiger partial charge in [0.05, 0.1) is 0 Å². The molecule has 0 atom stereocenters. The number of nitrogens with zero attached hydrogens (tertiary/aromatic N) is 1. The van der Waals surface area contributed by atoms with Gasteiger partial charge in [-0.1, -0.05) is 32.3 Å². The molecule has 2 rings (SSSR count). The van der Waals surface area contributed by atoms with Crippen LogP contribution in [0.25, 0.3) is 0 Å². The maximum absolute atomic E-state index is 12.0. The van der Waals surface area contributed by atoms with Gasteiger partial charge < -0.3 is 5.32 Å². The zero-order valence-corrected chi connectivity index (χ0v) is 11.8. The SMILES string of the molecule is CCCCC1CCC(NC(=O)c2ccccn2)CC1. The lowest BCUT2D eigenvalue weighted by Crippen LogP contribution is -2.38. The number of amides is 1. The van der Waals surface area contributed by atoms with Crippen LogP contribution < -0.4 is 5.32 Å². The van der Waals surface area contributed by atoms with Crippen LogP contribution in [0.1, 0.15) is 62.4 Å². The summed E-state index contributed by atoms with van der Waals surface area (Å²) in [6.45, 7) is 2.25. The van der Waals surface area contributed by atoms with Crippen LogP contribution in [-0.2, 0) is 0 Å². The van der Waals surface area contributed by atoms with Gasteiger partial charge in [0.25, 0.3) is 5.91 Å². The maximum atomic E-state index is 12.0. The Bertz CT molecular complexity index is 383. The number of carbonyl (C=O) groups is 1. The van der Waals surface area contributed by atoms with Crippen molar-refractivity contribution in [1.82, 2.24) is 10.3 Å². The highest BCUT2D eigenvalue weighted by Gasteiger charge is 2.22. The van der Waals surface area contributed by atoms with E-state index in [0.29, 0.717) is 11.7 Å². The first kappa shape index (κ1) is 14.0. The molecule has 1 amide bonds. The molecule has 0 bridgehead atoms. The van der Waals surface area contributed by atoms with Crippen LogP contribution in [-0.4, -0.2) is 16.9 Å². The zero-order valence-electron chi connectivity index (χ0n) is 11.8. The van der Waals surface area contributed by atoms with Gasteiger partial charge in [0.2, 0.25) is 0 Å². The van der Waals surface area contributed by atoms with Crippen molar-refractivity contribution in [2.45, 2.75) is 57.9 Å². The Morgan fingerprint density at radius 1 is 1.32 bits per heavy atom. The van der Waals surface area contributed by atoms with Gasteiger partial charge in [-0.25, -0.2) is 0 Å². The third-order valence-corrected chi connectivity index (χ3v) is 4.05. The lowest BCUT2D eigenvalue weighted by atomic mass is 9.83. The van der Waals surface area contributed by atoms with Crippen molar-refractivity contribution in [3.05, 3.63) is 30.1 Å². The van der Waals surface area contributed by atoms with Gasteiger partial charge in [-0.15, -0.1) is 0 Å². The van der Waals surface area contributed by atoms with Gasteiger partial charge in [0.15, 0.2) is 0 Å². The second kappa shape index (κ2) is 7.27. The summed E-state index contributed by atoms with van der Waals surface area (Å²) >= 11 is 0. The normalized spacial score (nSPS) is 23.0. The zero-order chi connectivity index (χ0) is 13.5. The smallest absolute Gasteiger partial charge is 0.270 e.